The van der Waals surface area contributed by atoms with Gasteiger partial charge in [-0.15, -0.1) is 12.4 Å². The second-order valence-corrected chi connectivity index (χ2v) is 11.0. The molecule has 0 bridgehead atoms. The van der Waals surface area contributed by atoms with Crippen LogP contribution in [0.5, 0.6) is 0 Å². The van der Waals surface area contributed by atoms with E-state index in [-0.39, 0.29) is 12.4 Å². The Bertz CT molecular complexity index is 295. The van der Waals surface area contributed by atoms with Gasteiger partial charge in [0.15, 0.2) is 0 Å². The zero-order valence-electron chi connectivity index (χ0n) is 10.4. The Labute approximate surface area is 103 Å². The van der Waals surface area contributed by atoms with Gasteiger partial charge in [0, 0.05) is 0 Å². The first-order valence-corrected chi connectivity index (χ1v) is 11.1. The molecule has 0 unspecified atom stereocenters. The molecule has 0 aliphatic heterocycles. The van der Waals surface area contributed by atoms with Gasteiger partial charge < -0.3 is 0 Å². The van der Waals surface area contributed by atoms with Crippen LogP contribution in [-0.4, -0.2) is 0 Å². The van der Waals surface area contributed by atoms with Crippen molar-refractivity contribution >= 4 is 12.4 Å². The average molecular weight is 293 g/mol. The molecule has 0 aromatic carbocycles. The minimum Gasteiger partial charge on any atom is -0.147 e. The quantitative estimate of drug-likeness (QED) is 0.653. The van der Waals surface area contributed by atoms with E-state index >= 15 is 0 Å². The summed E-state index contributed by atoms with van der Waals surface area (Å²) in [5.74, 6) is 0. The molecule has 14 heavy (non-hydrogen) atoms. The summed E-state index contributed by atoms with van der Waals surface area (Å²) in [5.41, 5.74) is 5.15. The predicted octanol–water partition coefficient (Wildman–Crippen LogP) is 4.77. The molecule has 1 rings (SSSR count). The molecule has 0 radical (unpaired) electrons. The van der Waals surface area contributed by atoms with Crippen molar-refractivity contribution in [2.24, 2.45) is 5.41 Å². The van der Waals surface area contributed by atoms with E-state index in [4.69, 9.17) is 0 Å². The molecule has 0 aromatic rings. The summed E-state index contributed by atoms with van der Waals surface area (Å²) in [6.07, 6.45) is 0. The molecule has 0 saturated heterocycles. The van der Waals surface area contributed by atoms with Crippen molar-refractivity contribution in [1.82, 2.24) is 0 Å². The SMILES string of the molecule is CC1=C(C)C(C)(C)[C]([Zr]([CH3])[CH3])=C1C.Cl. The number of rotatable bonds is 1. The van der Waals surface area contributed by atoms with E-state index < -0.39 is 21.8 Å². The van der Waals surface area contributed by atoms with E-state index in [9.17, 15) is 0 Å². The first-order valence-electron chi connectivity index (χ1n) is 5.00. The van der Waals surface area contributed by atoms with Gasteiger partial charge >= 0.3 is 91.0 Å². The largest absolute Gasteiger partial charge is 0.147 e. The number of hydrogen-bond donors (Lipinski definition) is 0. The first kappa shape index (κ1) is 14.7. The first-order chi connectivity index (χ1) is 5.80. The van der Waals surface area contributed by atoms with Crippen LogP contribution in [-0.2, 0) is 21.8 Å². The fourth-order valence-electron chi connectivity index (χ4n) is 2.59. The second kappa shape index (κ2) is 4.66. The maximum absolute atomic E-state index is 2.49. The Morgan fingerprint density at radius 1 is 0.929 bits per heavy atom. The third-order valence-electron chi connectivity index (χ3n) is 3.56. The van der Waals surface area contributed by atoms with Crippen molar-refractivity contribution in [2.45, 2.75) is 43.9 Å². The van der Waals surface area contributed by atoms with E-state index in [2.05, 4.69) is 43.9 Å². The summed E-state index contributed by atoms with van der Waals surface area (Å²) in [5, 5.41) is 0. The zero-order valence-corrected chi connectivity index (χ0v) is 13.7. The van der Waals surface area contributed by atoms with Gasteiger partial charge in [-0.1, -0.05) is 0 Å². The molecule has 1 aliphatic carbocycles. The number of hydrogen-bond acceptors (Lipinski definition) is 0. The van der Waals surface area contributed by atoms with Crippen LogP contribution in [0.2, 0.25) is 9.26 Å². The smallest absolute Gasteiger partial charge is 0.147 e. The molecule has 0 heterocycles. The van der Waals surface area contributed by atoms with E-state index in [1.807, 2.05) is 3.28 Å². The Morgan fingerprint density at radius 3 is 1.50 bits per heavy atom. The summed E-state index contributed by atoms with van der Waals surface area (Å²) in [6.45, 7) is 11.7. The molecule has 0 N–H and O–H groups in total. The summed E-state index contributed by atoms with van der Waals surface area (Å²) >= 11 is -1.19. The van der Waals surface area contributed by atoms with Gasteiger partial charge in [0.2, 0.25) is 0 Å². The van der Waals surface area contributed by atoms with Crippen molar-refractivity contribution in [3.05, 3.63) is 20.0 Å². The monoisotopic (exact) mass is 291 g/mol. The number of halogens is 1. The zero-order chi connectivity index (χ0) is 10.4. The molecule has 81 valence electrons. The minimum absolute atomic E-state index is 0. The Balaban J connectivity index is 0.00000169. The van der Waals surface area contributed by atoms with Crippen molar-refractivity contribution < 1.29 is 21.8 Å². The predicted molar refractivity (Wildman–Crippen MR) is 63.8 cm³/mol. The van der Waals surface area contributed by atoms with E-state index in [1.54, 1.807) is 16.7 Å². The normalized spacial score (nSPS) is 19.9. The van der Waals surface area contributed by atoms with Crippen LogP contribution < -0.4 is 0 Å². The molecule has 0 nitrogen and oxygen atoms in total. The summed E-state index contributed by atoms with van der Waals surface area (Å²) in [6, 6.07) is 0. The summed E-state index contributed by atoms with van der Waals surface area (Å²) in [4.78, 5) is 0. The van der Waals surface area contributed by atoms with Crippen LogP contribution in [0.4, 0.5) is 0 Å². The van der Waals surface area contributed by atoms with Gasteiger partial charge in [-0.3, -0.25) is 0 Å². The van der Waals surface area contributed by atoms with E-state index in [1.165, 1.54) is 0 Å². The topological polar surface area (TPSA) is 0 Å². The Hall–Kier alpha value is 0.653. The van der Waals surface area contributed by atoms with Crippen molar-refractivity contribution in [3.63, 3.8) is 0 Å². The molecule has 1 aliphatic rings. The van der Waals surface area contributed by atoms with Crippen molar-refractivity contribution in [1.29, 1.82) is 0 Å². The third kappa shape index (κ3) is 2.09. The maximum atomic E-state index is 2.49. The Kier molecular flexibility index (Phi) is 4.88. The fraction of sp³-hybridized carbons (Fsp3) is 0.667. The fourth-order valence-corrected chi connectivity index (χ4v) is 8.43. The molecule has 0 aromatic heterocycles. The van der Waals surface area contributed by atoms with Gasteiger partial charge in [0.25, 0.3) is 0 Å². The van der Waals surface area contributed by atoms with Crippen molar-refractivity contribution in [3.8, 4) is 0 Å². The van der Waals surface area contributed by atoms with Crippen LogP contribution in [0.25, 0.3) is 0 Å². The summed E-state index contributed by atoms with van der Waals surface area (Å²) < 4.78 is 6.81. The van der Waals surface area contributed by atoms with Gasteiger partial charge in [0.1, 0.15) is 0 Å². The second-order valence-electron chi connectivity index (χ2n) is 4.88. The number of allylic oxidation sites excluding steroid dienone is 4. The molecular formula is C12H22ClZr. The molecule has 0 saturated carbocycles. The molecule has 2 heteroatoms. The van der Waals surface area contributed by atoms with Crippen LogP contribution in [0.15, 0.2) is 20.0 Å². The van der Waals surface area contributed by atoms with E-state index in [0.717, 1.165) is 0 Å². The van der Waals surface area contributed by atoms with Crippen LogP contribution in [0, 0.1) is 5.41 Å². The molecule has 0 amide bonds. The van der Waals surface area contributed by atoms with Gasteiger partial charge in [-0.2, -0.15) is 0 Å². The van der Waals surface area contributed by atoms with Crippen LogP contribution in [0.1, 0.15) is 34.6 Å². The summed E-state index contributed by atoms with van der Waals surface area (Å²) in [7, 11) is 0. The maximum Gasteiger partial charge on any atom is -0.147 e. The van der Waals surface area contributed by atoms with Gasteiger partial charge in [-0.25, -0.2) is 0 Å². The molecular weight excluding hydrogens is 271 g/mol. The molecule has 0 spiro atoms. The standard InChI is InChI=1S/C10H15.2CH3.ClH.Zr/c1-7-6-10(4,5)9(3)8(7)2;;;;/h1-5H3;2*1H3;1H;. The minimum atomic E-state index is -1.19. The molecule has 0 atom stereocenters. The van der Waals surface area contributed by atoms with Crippen LogP contribution in [0.3, 0.4) is 0 Å². The van der Waals surface area contributed by atoms with Crippen LogP contribution >= 0.6 is 12.4 Å². The third-order valence-corrected chi connectivity index (χ3v) is 8.48. The van der Waals surface area contributed by atoms with E-state index in [0.29, 0.717) is 5.41 Å². The Morgan fingerprint density at radius 2 is 1.36 bits per heavy atom. The van der Waals surface area contributed by atoms with Crippen molar-refractivity contribution in [2.75, 3.05) is 0 Å². The molecule has 0 fully saturated rings. The van der Waals surface area contributed by atoms with Gasteiger partial charge in [-0.05, 0) is 0 Å². The van der Waals surface area contributed by atoms with Gasteiger partial charge in [0.05, 0.1) is 0 Å². The average Bonchev–Trinajstić information content (AvgIpc) is 2.12.